The molecule has 0 fully saturated rings. The summed E-state index contributed by atoms with van der Waals surface area (Å²) in [6.45, 7) is 0. The summed E-state index contributed by atoms with van der Waals surface area (Å²) in [5, 5.41) is 3.53. The Hall–Kier alpha value is -1.31. The van der Waals surface area contributed by atoms with Crippen molar-refractivity contribution in [3.05, 3.63) is 29.8 Å². The summed E-state index contributed by atoms with van der Waals surface area (Å²) >= 11 is 0. The molecule has 6 nitrogen and oxygen atoms in total. The number of benzene rings is 1. The minimum atomic E-state index is -3.71. The zero-order chi connectivity index (χ0) is 11.5. The van der Waals surface area contributed by atoms with Gasteiger partial charge in [-0.15, -0.1) is 5.10 Å². The van der Waals surface area contributed by atoms with E-state index in [4.69, 9.17) is 22.3 Å². The van der Waals surface area contributed by atoms with E-state index in [1.54, 1.807) is 0 Å². The number of rotatable bonds is 3. The van der Waals surface area contributed by atoms with Crippen molar-refractivity contribution >= 4 is 25.6 Å². The molecule has 82 valence electrons. The third-order valence-electron chi connectivity index (χ3n) is 1.62. The Morgan fingerprint density at radius 2 is 1.87 bits per heavy atom. The molecule has 1 rings (SSSR count). The van der Waals surface area contributed by atoms with Crippen LogP contribution in [0.1, 0.15) is 5.56 Å². The first-order chi connectivity index (χ1) is 6.95. The van der Waals surface area contributed by atoms with Gasteiger partial charge in [-0.2, -0.15) is 0 Å². The first-order valence-electron chi connectivity index (χ1n) is 3.79. The van der Waals surface area contributed by atoms with Crippen molar-refractivity contribution in [3.8, 4) is 0 Å². The van der Waals surface area contributed by atoms with Gasteiger partial charge < -0.3 is 5.73 Å². The van der Waals surface area contributed by atoms with Gasteiger partial charge in [-0.25, -0.2) is 19.8 Å². The average Bonchev–Trinajstić information content (AvgIpc) is 2.17. The molecule has 0 aliphatic rings. The summed E-state index contributed by atoms with van der Waals surface area (Å²) in [7, 11) is 1.42. The van der Waals surface area contributed by atoms with Crippen molar-refractivity contribution < 1.29 is 8.42 Å². The van der Waals surface area contributed by atoms with Crippen LogP contribution in [0.5, 0.6) is 0 Å². The molecule has 0 saturated heterocycles. The van der Waals surface area contributed by atoms with Gasteiger partial charge in [0.25, 0.3) is 9.05 Å². The minimum absolute atomic E-state index is 0.00132. The van der Waals surface area contributed by atoms with Crippen LogP contribution >= 0.6 is 10.7 Å². The zero-order valence-corrected chi connectivity index (χ0v) is 9.09. The number of amidine groups is 1. The van der Waals surface area contributed by atoms with Crippen LogP contribution in [0.15, 0.2) is 34.3 Å². The first kappa shape index (κ1) is 11.8. The molecule has 1 aromatic carbocycles. The van der Waals surface area contributed by atoms with E-state index in [1.165, 1.54) is 24.3 Å². The molecule has 5 N–H and O–H groups in total. The Morgan fingerprint density at radius 3 is 2.27 bits per heavy atom. The Bertz CT molecular complexity index is 468. The van der Waals surface area contributed by atoms with Crippen LogP contribution in [-0.4, -0.2) is 14.3 Å². The number of nitrogens with one attached hydrogen (secondary N) is 1. The van der Waals surface area contributed by atoms with E-state index in [-0.39, 0.29) is 10.7 Å². The fraction of sp³-hybridized carbons (Fsp3) is 0. The number of halogens is 1. The fourth-order valence-electron chi connectivity index (χ4n) is 0.922. The fourth-order valence-corrected chi connectivity index (χ4v) is 1.69. The number of hydrogen-bond donors (Lipinski definition) is 3. The Morgan fingerprint density at radius 1 is 1.33 bits per heavy atom. The normalized spacial score (nSPS) is 12.5. The quantitative estimate of drug-likeness (QED) is 0.224. The standard InChI is InChI=1S/C7H9ClN4O2S/c8-15(13,14)6-3-1-5(2-4-6)7(9)11-12-10/h1-4,12H,10H2,(H2,9,11). The third kappa shape index (κ3) is 3.08. The Balaban J connectivity index is 3.06. The number of nitrogens with zero attached hydrogens (tertiary/aromatic N) is 1. The van der Waals surface area contributed by atoms with Gasteiger partial charge in [0.15, 0.2) is 5.84 Å². The van der Waals surface area contributed by atoms with Crippen molar-refractivity contribution in [2.45, 2.75) is 4.90 Å². The lowest BCUT2D eigenvalue weighted by molar-refractivity contribution is 0.609. The molecule has 0 aliphatic heterocycles. The molecule has 0 aromatic heterocycles. The molecule has 0 aliphatic carbocycles. The second-order valence-electron chi connectivity index (χ2n) is 2.59. The average molecular weight is 249 g/mol. The predicted molar refractivity (Wildman–Crippen MR) is 57.5 cm³/mol. The summed E-state index contributed by atoms with van der Waals surface area (Å²) in [6.07, 6.45) is 0. The molecular weight excluding hydrogens is 240 g/mol. The highest BCUT2D eigenvalue weighted by molar-refractivity contribution is 8.13. The second kappa shape index (κ2) is 4.47. The largest absolute Gasteiger partial charge is 0.382 e. The SMILES string of the molecule is NN/N=C(\N)c1ccc(S(=O)(=O)Cl)cc1. The van der Waals surface area contributed by atoms with E-state index < -0.39 is 9.05 Å². The first-order valence-corrected chi connectivity index (χ1v) is 6.10. The number of hydrazone groups is 1. The molecule has 8 heteroatoms. The summed E-state index contributed by atoms with van der Waals surface area (Å²) in [4.78, 5) is 0.00132. The molecule has 0 bridgehead atoms. The van der Waals surface area contributed by atoms with E-state index in [0.717, 1.165) is 0 Å². The van der Waals surface area contributed by atoms with Gasteiger partial charge >= 0.3 is 0 Å². The molecule has 1 aromatic rings. The van der Waals surface area contributed by atoms with Gasteiger partial charge in [0.2, 0.25) is 0 Å². The van der Waals surface area contributed by atoms with Crippen molar-refractivity contribution in [1.82, 2.24) is 5.53 Å². The van der Waals surface area contributed by atoms with Crippen LogP contribution in [0.3, 0.4) is 0 Å². The van der Waals surface area contributed by atoms with Crippen molar-refractivity contribution in [3.63, 3.8) is 0 Å². The van der Waals surface area contributed by atoms with Gasteiger partial charge in [-0.3, -0.25) is 0 Å². The molecule has 0 radical (unpaired) electrons. The lowest BCUT2D eigenvalue weighted by Crippen LogP contribution is -2.22. The van der Waals surface area contributed by atoms with Crippen LogP contribution in [0.2, 0.25) is 0 Å². The van der Waals surface area contributed by atoms with Crippen LogP contribution in [0.25, 0.3) is 0 Å². The van der Waals surface area contributed by atoms with Gasteiger partial charge in [0, 0.05) is 16.2 Å². The maximum atomic E-state index is 10.9. The highest BCUT2D eigenvalue weighted by atomic mass is 35.7. The monoisotopic (exact) mass is 248 g/mol. The van der Waals surface area contributed by atoms with E-state index >= 15 is 0 Å². The predicted octanol–water partition coefficient (Wildman–Crippen LogP) is -0.302. The van der Waals surface area contributed by atoms with Crippen molar-refractivity contribution in [2.24, 2.45) is 16.7 Å². The molecule has 0 amide bonds. The van der Waals surface area contributed by atoms with Gasteiger partial charge in [-0.1, -0.05) is 0 Å². The number of hydrogen-bond acceptors (Lipinski definition) is 5. The molecule has 0 unspecified atom stereocenters. The minimum Gasteiger partial charge on any atom is -0.382 e. The van der Waals surface area contributed by atoms with Gasteiger partial charge in [0.1, 0.15) is 0 Å². The Labute approximate surface area is 91.3 Å². The highest BCUT2D eigenvalue weighted by Gasteiger charge is 2.09. The molecular formula is C7H9ClN4O2S. The van der Waals surface area contributed by atoms with E-state index in [1.807, 2.05) is 5.53 Å². The third-order valence-corrected chi connectivity index (χ3v) is 2.99. The topological polar surface area (TPSA) is 111 Å². The lowest BCUT2D eigenvalue weighted by atomic mass is 10.2. The van der Waals surface area contributed by atoms with E-state index in [2.05, 4.69) is 5.10 Å². The molecule has 0 atom stereocenters. The van der Waals surface area contributed by atoms with Gasteiger partial charge in [-0.05, 0) is 24.3 Å². The van der Waals surface area contributed by atoms with Crippen molar-refractivity contribution in [1.29, 1.82) is 0 Å². The molecule has 15 heavy (non-hydrogen) atoms. The number of nitrogens with two attached hydrogens (primary N) is 2. The van der Waals surface area contributed by atoms with Crippen LogP contribution in [0.4, 0.5) is 0 Å². The summed E-state index contributed by atoms with van der Waals surface area (Å²) in [6, 6.07) is 5.62. The molecule has 0 spiro atoms. The molecule has 0 saturated carbocycles. The summed E-state index contributed by atoms with van der Waals surface area (Å²) in [5.74, 6) is 5.08. The number of hydrazine groups is 1. The van der Waals surface area contributed by atoms with Crippen molar-refractivity contribution in [2.75, 3.05) is 0 Å². The summed E-state index contributed by atoms with van der Waals surface area (Å²) < 4.78 is 21.8. The zero-order valence-electron chi connectivity index (χ0n) is 7.51. The smallest absolute Gasteiger partial charge is 0.261 e. The maximum absolute atomic E-state index is 10.9. The summed E-state index contributed by atoms with van der Waals surface area (Å²) in [5.41, 5.74) is 8.06. The van der Waals surface area contributed by atoms with Crippen LogP contribution in [0, 0.1) is 0 Å². The van der Waals surface area contributed by atoms with Crippen LogP contribution in [-0.2, 0) is 9.05 Å². The highest BCUT2D eigenvalue weighted by Crippen LogP contribution is 2.14. The van der Waals surface area contributed by atoms with E-state index in [0.29, 0.717) is 5.56 Å². The lowest BCUT2D eigenvalue weighted by Gasteiger charge is -2.01. The maximum Gasteiger partial charge on any atom is 0.261 e. The second-order valence-corrected chi connectivity index (χ2v) is 5.15. The van der Waals surface area contributed by atoms with E-state index in [9.17, 15) is 8.42 Å². The van der Waals surface area contributed by atoms with Crippen LogP contribution < -0.4 is 17.1 Å². The van der Waals surface area contributed by atoms with Gasteiger partial charge in [0.05, 0.1) is 4.90 Å². The Kier molecular flexibility index (Phi) is 3.51. The molecule has 0 heterocycles.